The first kappa shape index (κ1) is 16.3. The van der Waals surface area contributed by atoms with Crippen molar-refractivity contribution in [3.63, 3.8) is 0 Å². The number of nitro benzene ring substituents is 1. The molecule has 2 aromatic rings. The summed E-state index contributed by atoms with van der Waals surface area (Å²) in [7, 11) is 0. The molecule has 0 unspecified atom stereocenters. The van der Waals surface area contributed by atoms with Crippen LogP contribution in [0, 0.1) is 10.1 Å². The van der Waals surface area contributed by atoms with Crippen molar-refractivity contribution in [3.05, 3.63) is 45.0 Å². The van der Waals surface area contributed by atoms with Crippen molar-refractivity contribution in [1.29, 1.82) is 0 Å². The van der Waals surface area contributed by atoms with Gasteiger partial charge in [0, 0.05) is 22.7 Å². The molecule has 0 spiro atoms. The minimum Gasteiger partial charge on any atom is -0.502 e. The Kier molecular flexibility index (Phi) is 4.72. The predicted molar refractivity (Wildman–Crippen MR) is 89.7 cm³/mol. The van der Waals surface area contributed by atoms with Gasteiger partial charge in [-0.05, 0) is 44.0 Å². The Bertz CT molecular complexity index is 771. The Labute approximate surface area is 141 Å². The number of carbonyl (C=O) groups excluding carboxylic acids is 1. The third-order valence-electron chi connectivity index (χ3n) is 3.92. The number of piperidine rings is 1. The maximum atomic E-state index is 12.2. The molecule has 24 heavy (non-hydrogen) atoms. The molecule has 1 amide bonds. The summed E-state index contributed by atoms with van der Waals surface area (Å²) in [6.45, 7) is 1.96. The molecule has 1 aliphatic heterocycles. The number of phenolic OH excluding ortho intramolecular Hbond substituents is 1. The van der Waals surface area contributed by atoms with Crippen molar-refractivity contribution in [2.75, 3.05) is 18.4 Å². The number of nitrogens with zero attached hydrogens (tertiary/aromatic N) is 2. The van der Waals surface area contributed by atoms with E-state index in [0.29, 0.717) is 11.0 Å². The normalized spacial score (nSPS) is 15.2. The van der Waals surface area contributed by atoms with Gasteiger partial charge in [-0.3, -0.25) is 20.2 Å². The Morgan fingerprint density at radius 1 is 1.42 bits per heavy atom. The average Bonchev–Trinajstić information content (AvgIpc) is 3.03. The first-order valence-electron chi connectivity index (χ1n) is 7.50. The summed E-state index contributed by atoms with van der Waals surface area (Å²) < 4.78 is 0. The zero-order valence-electron chi connectivity index (χ0n) is 12.7. The van der Waals surface area contributed by atoms with Gasteiger partial charge in [-0.2, -0.15) is 0 Å². The second kappa shape index (κ2) is 6.93. The van der Waals surface area contributed by atoms with E-state index in [9.17, 15) is 20.0 Å². The zero-order valence-corrected chi connectivity index (χ0v) is 13.5. The molecule has 1 aromatic heterocycles. The number of anilines is 1. The van der Waals surface area contributed by atoms with E-state index in [-0.39, 0.29) is 5.56 Å². The van der Waals surface area contributed by atoms with Gasteiger partial charge in [0.15, 0.2) is 10.9 Å². The minimum absolute atomic E-state index is 0.136. The van der Waals surface area contributed by atoms with E-state index in [4.69, 9.17) is 0 Å². The van der Waals surface area contributed by atoms with Crippen molar-refractivity contribution in [3.8, 4) is 5.75 Å². The number of amides is 1. The van der Waals surface area contributed by atoms with Crippen molar-refractivity contribution in [1.82, 2.24) is 10.3 Å². The van der Waals surface area contributed by atoms with Gasteiger partial charge in [-0.15, -0.1) is 11.3 Å². The number of thiazole rings is 1. The van der Waals surface area contributed by atoms with Crippen LogP contribution in [-0.2, 0) is 0 Å². The molecule has 1 saturated heterocycles. The maximum Gasteiger partial charge on any atom is 0.310 e. The summed E-state index contributed by atoms with van der Waals surface area (Å²) in [5.41, 5.74) is -0.300. The smallest absolute Gasteiger partial charge is 0.310 e. The fourth-order valence-electron chi connectivity index (χ4n) is 2.63. The van der Waals surface area contributed by atoms with Crippen LogP contribution < -0.4 is 10.6 Å². The van der Waals surface area contributed by atoms with Crippen LogP contribution in [0.3, 0.4) is 0 Å². The van der Waals surface area contributed by atoms with Crippen LogP contribution >= 0.6 is 11.3 Å². The standard InChI is InChI=1S/C15H16N4O4S/c20-12-7-10(1-2-11(12)19(22)23)14(21)18-15-17-8-13(24-15)9-3-5-16-6-4-9/h1-2,7-9,16,20H,3-6H2,(H,17,18,21). The minimum atomic E-state index is -0.705. The molecule has 2 heterocycles. The summed E-state index contributed by atoms with van der Waals surface area (Å²) in [5, 5.41) is 26.7. The average molecular weight is 348 g/mol. The molecule has 0 bridgehead atoms. The highest BCUT2D eigenvalue weighted by atomic mass is 32.1. The van der Waals surface area contributed by atoms with E-state index < -0.39 is 22.3 Å². The van der Waals surface area contributed by atoms with Gasteiger partial charge in [-0.1, -0.05) is 0 Å². The highest BCUT2D eigenvalue weighted by Crippen LogP contribution is 2.32. The van der Waals surface area contributed by atoms with Gasteiger partial charge in [0.25, 0.3) is 5.91 Å². The molecule has 0 atom stereocenters. The molecule has 3 N–H and O–H groups in total. The molecular formula is C15H16N4O4S. The summed E-state index contributed by atoms with van der Waals surface area (Å²) >= 11 is 1.43. The fraction of sp³-hybridized carbons (Fsp3) is 0.333. The fourth-order valence-corrected chi connectivity index (χ4v) is 3.61. The Balaban J connectivity index is 1.69. The third kappa shape index (κ3) is 3.52. The van der Waals surface area contributed by atoms with Gasteiger partial charge < -0.3 is 10.4 Å². The summed E-state index contributed by atoms with van der Waals surface area (Å²) in [4.78, 5) is 27.5. The van der Waals surface area contributed by atoms with Crippen molar-refractivity contribution in [2.45, 2.75) is 18.8 Å². The molecule has 0 aliphatic carbocycles. The molecule has 1 fully saturated rings. The first-order valence-corrected chi connectivity index (χ1v) is 8.31. The number of hydrogen-bond donors (Lipinski definition) is 3. The number of benzene rings is 1. The van der Waals surface area contributed by atoms with E-state index in [1.807, 2.05) is 0 Å². The van der Waals surface area contributed by atoms with Crippen LogP contribution in [0.2, 0.25) is 0 Å². The largest absolute Gasteiger partial charge is 0.502 e. The van der Waals surface area contributed by atoms with Gasteiger partial charge in [0.2, 0.25) is 0 Å². The number of hydrogen-bond acceptors (Lipinski definition) is 7. The molecular weight excluding hydrogens is 332 g/mol. The second-order valence-electron chi connectivity index (χ2n) is 5.51. The Morgan fingerprint density at radius 3 is 2.83 bits per heavy atom. The molecule has 9 heteroatoms. The van der Waals surface area contributed by atoms with Crippen LogP contribution in [0.4, 0.5) is 10.8 Å². The predicted octanol–water partition coefficient (Wildman–Crippen LogP) is 2.48. The number of carbonyl (C=O) groups is 1. The molecule has 8 nitrogen and oxygen atoms in total. The zero-order chi connectivity index (χ0) is 17.1. The number of rotatable bonds is 4. The Hall–Kier alpha value is -2.52. The number of phenols is 1. The number of nitrogens with one attached hydrogen (secondary N) is 2. The van der Waals surface area contributed by atoms with Crippen molar-refractivity contribution in [2.24, 2.45) is 0 Å². The van der Waals surface area contributed by atoms with Crippen LogP contribution in [-0.4, -0.2) is 34.0 Å². The molecule has 3 rings (SSSR count). The lowest BCUT2D eigenvalue weighted by Crippen LogP contribution is -2.26. The van der Waals surface area contributed by atoms with E-state index in [2.05, 4.69) is 15.6 Å². The highest BCUT2D eigenvalue weighted by molar-refractivity contribution is 7.15. The molecule has 1 aliphatic rings. The number of nitro groups is 1. The Morgan fingerprint density at radius 2 is 2.17 bits per heavy atom. The van der Waals surface area contributed by atoms with E-state index in [0.717, 1.165) is 42.9 Å². The lowest BCUT2D eigenvalue weighted by Gasteiger charge is -2.20. The van der Waals surface area contributed by atoms with E-state index in [1.54, 1.807) is 6.20 Å². The molecule has 0 saturated carbocycles. The first-order chi connectivity index (χ1) is 11.5. The molecule has 1 aromatic carbocycles. The topological polar surface area (TPSA) is 117 Å². The van der Waals surface area contributed by atoms with Crippen LogP contribution in [0.5, 0.6) is 5.75 Å². The van der Waals surface area contributed by atoms with E-state index in [1.165, 1.54) is 17.4 Å². The van der Waals surface area contributed by atoms with Gasteiger partial charge in [-0.25, -0.2) is 4.98 Å². The van der Waals surface area contributed by atoms with Gasteiger partial charge >= 0.3 is 5.69 Å². The maximum absolute atomic E-state index is 12.2. The SMILES string of the molecule is O=C(Nc1ncc(C2CCNCC2)s1)c1ccc([N+](=O)[O-])c(O)c1. The van der Waals surface area contributed by atoms with Crippen molar-refractivity contribution < 1.29 is 14.8 Å². The third-order valence-corrected chi connectivity index (χ3v) is 5.00. The van der Waals surface area contributed by atoms with E-state index >= 15 is 0 Å². The molecule has 126 valence electrons. The lowest BCUT2D eigenvalue weighted by atomic mass is 9.97. The number of aromatic nitrogens is 1. The van der Waals surface area contributed by atoms with Gasteiger partial charge in [0.05, 0.1) is 4.92 Å². The second-order valence-corrected chi connectivity index (χ2v) is 6.57. The monoisotopic (exact) mass is 348 g/mol. The lowest BCUT2D eigenvalue weighted by molar-refractivity contribution is -0.385. The summed E-state index contributed by atoms with van der Waals surface area (Å²) in [6, 6.07) is 3.48. The van der Waals surface area contributed by atoms with Crippen molar-refractivity contribution >= 4 is 28.1 Å². The molecule has 0 radical (unpaired) electrons. The quantitative estimate of drug-likeness (QED) is 0.577. The number of aromatic hydroxyl groups is 1. The van der Waals surface area contributed by atoms with Crippen LogP contribution in [0.1, 0.15) is 34.0 Å². The highest BCUT2D eigenvalue weighted by Gasteiger charge is 2.20. The summed E-state index contributed by atoms with van der Waals surface area (Å²) in [6.07, 6.45) is 3.88. The van der Waals surface area contributed by atoms with Gasteiger partial charge in [0.1, 0.15) is 0 Å². The van der Waals surface area contributed by atoms with Crippen LogP contribution in [0.15, 0.2) is 24.4 Å². The van der Waals surface area contributed by atoms with Crippen LogP contribution in [0.25, 0.3) is 0 Å². The summed E-state index contributed by atoms with van der Waals surface area (Å²) in [5.74, 6) is -0.550.